The van der Waals surface area contributed by atoms with Crippen molar-refractivity contribution in [2.45, 2.75) is 6.18 Å². The lowest BCUT2D eigenvalue weighted by Crippen LogP contribution is -2.05. The molecule has 8 heteroatoms. The molecule has 0 bridgehead atoms. The SMILES string of the molecule is O=[N+]([O-])c1c(Nc2cccc(C(F)(F)F)c2)sc2ccccc12. The van der Waals surface area contributed by atoms with Crippen LogP contribution >= 0.6 is 11.3 Å². The van der Waals surface area contributed by atoms with Gasteiger partial charge in [-0.1, -0.05) is 18.2 Å². The van der Waals surface area contributed by atoms with E-state index in [9.17, 15) is 23.3 Å². The van der Waals surface area contributed by atoms with Crippen LogP contribution in [0.4, 0.5) is 29.5 Å². The van der Waals surface area contributed by atoms with Crippen molar-refractivity contribution in [2.75, 3.05) is 5.32 Å². The molecule has 0 saturated heterocycles. The van der Waals surface area contributed by atoms with Gasteiger partial charge in [-0.25, -0.2) is 0 Å². The van der Waals surface area contributed by atoms with Crippen LogP contribution in [-0.2, 0) is 6.18 Å². The molecular formula is C15H9F3N2O2S. The summed E-state index contributed by atoms with van der Waals surface area (Å²) in [5, 5.41) is 14.7. The van der Waals surface area contributed by atoms with Crippen molar-refractivity contribution in [1.82, 2.24) is 0 Å². The van der Waals surface area contributed by atoms with Crippen LogP contribution in [0.3, 0.4) is 0 Å². The van der Waals surface area contributed by atoms with Gasteiger partial charge in [0.1, 0.15) is 0 Å². The van der Waals surface area contributed by atoms with E-state index in [4.69, 9.17) is 0 Å². The van der Waals surface area contributed by atoms with Crippen molar-refractivity contribution >= 4 is 37.8 Å². The van der Waals surface area contributed by atoms with Gasteiger partial charge >= 0.3 is 11.9 Å². The Labute approximate surface area is 132 Å². The second-order valence-corrected chi connectivity index (χ2v) is 5.79. The summed E-state index contributed by atoms with van der Waals surface area (Å²) in [6.07, 6.45) is -4.47. The van der Waals surface area contributed by atoms with E-state index in [1.165, 1.54) is 12.1 Å². The zero-order valence-electron chi connectivity index (χ0n) is 11.4. The molecule has 0 fully saturated rings. The third-order valence-corrected chi connectivity index (χ3v) is 4.28. The summed E-state index contributed by atoms with van der Waals surface area (Å²) in [5.74, 6) is 0. The van der Waals surface area contributed by atoms with Crippen molar-refractivity contribution in [3.05, 3.63) is 64.2 Å². The summed E-state index contributed by atoms with van der Waals surface area (Å²) in [5.41, 5.74) is -0.802. The number of fused-ring (bicyclic) bond motifs is 1. The maximum absolute atomic E-state index is 12.7. The van der Waals surface area contributed by atoms with E-state index in [1.807, 2.05) is 0 Å². The monoisotopic (exact) mass is 338 g/mol. The van der Waals surface area contributed by atoms with E-state index >= 15 is 0 Å². The zero-order valence-corrected chi connectivity index (χ0v) is 12.2. The smallest absolute Gasteiger partial charge is 0.341 e. The number of nitrogens with zero attached hydrogens (tertiary/aromatic N) is 1. The summed E-state index contributed by atoms with van der Waals surface area (Å²) in [6.45, 7) is 0. The molecule has 0 spiro atoms. The Kier molecular flexibility index (Phi) is 3.69. The van der Waals surface area contributed by atoms with Gasteiger partial charge in [-0.3, -0.25) is 10.1 Å². The van der Waals surface area contributed by atoms with Crippen molar-refractivity contribution in [2.24, 2.45) is 0 Å². The minimum Gasteiger partial charge on any atom is -0.341 e. The van der Waals surface area contributed by atoms with E-state index < -0.39 is 16.7 Å². The molecule has 0 radical (unpaired) electrons. The van der Waals surface area contributed by atoms with Gasteiger partial charge < -0.3 is 5.32 Å². The minimum atomic E-state index is -4.47. The number of halogens is 3. The highest BCUT2D eigenvalue weighted by Gasteiger charge is 2.30. The lowest BCUT2D eigenvalue weighted by atomic mass is 10.2. The van der Waals surface area contributed by atoms with Crippen LogP contribution in [0.2, 0.25) is 0 Å². The predicted octanol–water partition coefficient (Wildman–Crippen LogP) is 5.57. The number of alkyl halides is 3. The van der Waals surface area contributed by atoms with Crippen LogP contribution in [0.1, 0.15) is 5.56 Å². The van der Waals surface area contributed by atoms with E-state index in [0.29, 0.717) is 10.1 Å². The summed E-state index contributed by atoms with van der Waals surface area (Å²) in [6, 6.07) is 11.3. The molecule has 118 valence electrons. The molecule has 0 atom stereocenters. The third kappa shape index (κ3) is 2.98. The molecule has 1 N–H and O–H groups in total. The van der Waals surface area contributed by atoms with Gasteiger partial charge in [-0.15, -0.1) is 11.3 Å². The average Bonchev–Trinajstić information content (AvgIpc) is 2.84. The molecule has 0 aliphatic carbocycles. The number of hydrogen-bond acceptors (Lipinski definition) is 4. The standard InChI is InChI=1S/C15H9F3N2O2S/c16-15(17,18)9-4-3-5-10(8-9)19-14-13(20(21)22)11-6-1-2-7-12(11)23-14/h1-8,19H. The quantitative estimate of drug-likeness (QED) is 0.501. The first-order valence-corrected chi connectivity index (χ1v) is 7.28. The summed E-state index contributed by atoms with van der Waals surface area (Å²) < 4.78 is 38.9. The number of anilines is 2. The fourth-order valence-corrected chi connectivity index (χ4v) is 3.29. The number of nitro groups is 1. The number of nitrogens with one attached hydrogen (secondary N) is 1. The summed E-state index contributed by atoms with van der Waals surface area (Å²) >= 11 is 1.13. The maximum atomic E-state index is 12.7. The van der Waals surface area contributed by atoms with Gasteiger partial charge in [-0.05, 0) is 30.3 Å². The number of hydrogen-bond donors (Lipinski definition) is 1. The van der Waals surface area contributed by atoms with Crippen molar-refractivity contribution in [3.63, 3.8) is 0 Å². The topological polar surface area (TPSA) is 55.2 Å². The lowest BCUT2D eigenvalue weighted by molar-refractivity contribution is -0.381. The number of benzene rings is 2. The van der Waals surface area contributed by atoms with Crippen molar-refractivity contribution in [3.8, 4) is 0 Å². The summed E-state index contributed by atoms with van der Waals surface area (Å²) in [4.78, 5) is 10.8. The number of thiophene rings is 1. The second-order valence-electron chi connectivity index (χ2n) is 4.74. The van der Waals surface area contributed by atoms with E-state index in [2.05, 4.69) is 5.32 Å². The third-order valence-electron chi connectivity index (χ3n) is 3.20. The largest absolute Gasteiger partial charge is 0.416 e. The molecule has 23 heavy (non-hydrogen) atoms. The molecule has 2 aromatic carbocycles. The van der Waals surface area contributed by atoms with Crippen molar-refractivity contribution < 1.29 is 18.1 Å². The Morgan fingerprint density at radius 2 is 1.83 bits per heavy atom. The van der Waals surface area contributed by atoms with E-state index in [0.717, 1.165) is 23.5 Å². The van der Waals surface area contributed by atoms with Gasteiger partial charge in [0, 0.05) is 10.4 Å². The Morgan fingerprint density at radius 3 is 2.52 bits per heavy atom. The van der Waals surface area contributed by atoms with E-state index in [-0.39, 0.29) is 16.4 Å². The van der Waals surface area contributed by atoms with Crippen LogP contribution in [-0.4, -0.2) is 4.92 Å². The van der Waals surface area contributed by atoms with Gasteiger partial charge in [0.05, 0.1) is 15.9 Å². The van der Waals surface area contributed by atoms with Gasteiger partial charge in [-0.2, -0.15) is 13.2 Å². The first-order valence-electron chi connectivity index (χ1n) is 6.46. The Hall–Kier alpha value is -2.61. The Bertz CT molecular complexity index is 890. The molecule has 3 rings (SSSR count). The first kappa shape index (κ1) is 15.3. The molecule has 3 aromatic rings. The highest BCUT2D eigenvalue weighted by atomic mass is 32.1. The van der Waals surface area contributed by atoms with Crippen LogP contribution in [0, 0.1) is 10.1 Å². The van der Waals surface area contributed by atoms with Crippen LogP contribution in [0.5, 0.6) is 0 Å². The molecule has 0 amide bonds. The second kappa shape index (κ2) is 5.54. The average molecular weight is 338 g/mol. The fourth-order valence-electron chi connectivity index (χ4n) is 2.20. The molecule has 0 saturated carbocycles. The molecule has 0 aliphatic rings. The fraction of sp³-hybridized carbons (Fsp3) is 0.0667. The zero-order chi connectivity index (χ0) is 16.6. The normalized spacial score (nSPS) is 11.6. The van der Waals surface area contributed by atoms with Crippen LogP contribution < -0.4 is 5.32 Å². The van der Waals surface area contributed by atoms with Crippen LogP contribution in [0.15, 0.2) is 48.5 Å². The lowest BCUT2D eigenvalue weighted by Gasteiger charge is -2.09. The summed E-state index contributed by atoms with van der Waals surface area (Å²) in [7, 11) is 0. The highest BCUT2D eigenvalue weighted by molar-refractivity contribution is 7.23. The Balaban J connectivity index is 2.05. The van der Waals surface area contributed by atoms with Gasteiger partial charge in [0.2, 0.25) is 0 Å². The minimum absolute atomic E-state index is 0.136. The highest BCUT2D eigenvalue weighted by Crippen LogP contribution is 2.43. The molecule has 4 nitrogen and oxygen atoms in total. The molecule has 1 aromatic heterocycles. The number of rotatable bonds is 3. The molecular weight excluding hydrogens is 329 g/mol. The van der Waals surface area contributed by atoms with Gasteiger partial charge in [0.15, 0.2) is 5.00 Å². The van der Waals surface area contributed by atoms with Crippen molar-refractivity contribution in [1.29, 1.82) is 0 Å². The molecule has 0 aliphatic heterocycles. The molecule has 0 unspecified atom stereocenters. The Morgan fingerprint density at radius 1 is 1.09 bits per heavy atom. The van der Waals surface area contributed by atoms with Crippen LogP contribution in [0.25, 0.3) is 10.1 Å². The maximum Gasteiger partial charge on any atom is 0.416 e. The predicted molar refractivity (Wildman–Crippen MR) is 83.2 cm³/mol. The molecule has 1 heterocycles. The first-order chi connectivity index (χ1) is 10.9. The van der Waals surface area contributed by atoms with E-state index in [1.54, 1.807) is 24.3 Å². The van der Waals surface area contributed by atoms with Gasteiger partial charge in [0.25, 0.3) is 0 Å².